The lowest BCUT2D eigenvalue weighted by atomic mass is 10.1. The molecule has 2 aliphatic heterocycles. The van der Waals surface area contributed by atoms with Gasteiger partial charge in [0.05, 0.1) is 29.7 Å². The minimum atomic E-state index is -3.91. The number of halogens is 1. The lowest BCUT2D eigenvalue weighted by Crippen LogP contribution is -2.59. The molecule has 1 fully saturated rings. The number of carbonyl (C=O) groups excluding carboxylic acids is 2. The topological polar surface area (TPSA) is 116 Å². The maximum atomic E-state index is 13.6. The fourth-order valence-electron chi connectivity index (χ4n) is 4.62. The third kappa shape index (κ3) is 5.15. The zero-order chi connectivity index (χ0) is 26.3. The molecule has 2 unspecified atom stereocenters. The van der Waals surface area contributed by atoms with Crippen molar-refractivity contribution in [1.82, 2.24) is 14.2 Å². The summed E-state index contributed by atoms with van der Waals surface area (Å²) in [6, 6.07) is 7.88. The zero-order valence-electron chi connectivity index (χ0n) is 20.3. The molecule has 1 saturated heterocycles. The van der Waals surface area contributed by atoms with Gasteiger partial charge in [0.2, 0.25) is 0 Å². The van der Waals surface area contributed by atoms with Crippen LogP contribution in [-0.2, 0) is 31.4 Å². The molecule has 10 nitrogen and oxygen atoms in total. The number of sulfonamides is 1. The number of esters is 1. The molecule has 2 N–H and O–H groups in total. The molecule has 196 valence electrons. The molecule has 2 aromatic heterocycles. The number of ether oxygens (including phenoxy) is 1. The van der Waals surface area contributed by atoms with Crippen molar-refractivity contribution in [2.75, 3.05) is 31.6 Å². The number of nitrogens with zero attached hydrogens (tertiary/aromatic N) is 3. The van der Waals surface area contributed by atoms with Gasteiger partial charge in [-0.2, -0.15) is 4.31 Å². The Hall–Kier alpha value is -2.80. The predicted octanol–water partition coefficient (Wildman–Crippen LogP) is 2.34. The van der Waals surface area contributed by atoms with Crippen LogP contribution < -0.4 is 9.88 Å². The highest BCUT2D eigenvalue weighted by Crippen LogP contribution is 2.38. The normalized spacial score (nSPS) is 20.0. The molecule has 37 heavy (non-hydrogen) atoms. The second-order valence-electron chi connectivity index (χ2n) is 8.95. The van der Waals surface area contributed by atoms with Crippen molar-refractivity contribution in [3.05, 3.63) is 47.7 Å². The van der Waals surface area contributed by atoms with Crippen LogP contribution in [-0.4, -0.2) is 72.1 Å². The lowest BCUT2D eigenvalue weighted by molar-refractivity contribution is -0.673. The minimum absolute atomic E-state index is 0.0255. The van der Waals surface area contributed by atoms with E-state index in [-0.39, 0.29) is 43.6 Å². The van der Waals surface area contributed by atoms with Crippen molar-refractivity contribution < 1.29 is 27.3 Å². The Morgan fingerprint density at radius 1 is 1.24 bits per heavy atom. The summed E-state index contributed by atoms with van der Waals surface area (Å²) in [7, 11) is -2.00. The number of aryl methyl sites for hydroxylation is 1. The van der Waals surface area contributed by atoms with E-state index in [4.69, 9.17) is 16.3 Å². The van der Waals surface area contributed by atoms with Gasteiger partial charge in [0.15, 0.2) is 17.8 Å². The molecule has 0 saturated carbocycles. The number of aromatic nitrogens is 2. The fourth-order valence-corrected chi connectivity index (χ4v) is 7.44. The third-order valence-corrected chi connectivity index (χ3v) is 9.59. The van der Waals surface area contributed by atoms with Gasteiger partial charge < -0.3 is 19.9 Å². The molecule has 0 spiro atoms. The van der Waals surface area contributed by atoms with Crippen LogP contribution in [0.4, 0.5) is 5.69 Å². The Morgan fingerprint density at radius 2 is 2.05 bits per heavy atom. The summed E-state index contributed by atoms with van der Waals surface area (Å²) in [6.45, 7) is 2.13. The Morgan fingerprint density at radius 3 is 2.84 bits per heavy atom. The number of rotatable bonds is 6. The first-order valence-electron chi connectivity index (χ1n) is 11.8. The standard InChI is InChI=1S/C24H26ClN5O5S2/c1-3-35-22(31)12-17-13-29(37(33,34)21-11-15-10-16(25)4-5-18(15)26-21)8-9-30(17)24(32)23-27-19-6-7-28(2)14-20(19)36-23/h4-7,10-11,14,17,23,26H,3,8-9,12-13H2,1-2H3/p+1. The molecule has 13 heteroatoms. The van der Waals surface area contributed by atoms with Crippen molar-refractivity contribution in [3.63, 3.8) is 0 Å². The fraction of sp³-hybridized carbons (Fsp3) is 0.375. The molecule has 2 atom stereocenters. The van der Waals surface area contributed by atoms with Gasteiger partial charge in [0, 0.05) is 41.6 Å². The van der Waals surface area contributed by atoms with Crippen LogP contribution in [0.1, 0.15) is 13.3 Å². The van der Waals surface area contributed by atoms with E-state index in [1.807, 2.05) is 30.1 Å². The largest absolute Gasteiger partial charge is 0.466 e. The van der Waals surface area contributed by atoms with Crippen LogP contribution >= 0.6 is 23.4 Å². The number of piperazine rings is 1. The second-order valence-corrected chi connectivity index (χ2v) is 12.4. The highest BCUT2D eigenvalue weighted by Gasteiger charge is 2.41. The van der Waals surface area contributed by atoms with E-state index in [1.165, 1.54) is 16.1 Å². The summed E-state index contributed by atoms with van der Waals surface area (Å²) in [5.74, 6) is -0.678. The molecule has 2 aliphatic rings. The van der Waals surface area contributed by atoms with Crippen molar-refractivity contribution in [2.45, 2.75) is 34.7 Å². The van der Waals surface area contributed by atoms with Gasteiger partial charge in [-0.25, -0.2) is 13.0 Å². The molecule has 1 amide bonds. The van der Waals surface area contributed by atoms with Crippen LogP contribution in [0.5, 0.6) is 0 Å². The predicted molar refractivity (Wildman–Crippen MR) is 140 cm³/mol. The van der Waals surface area contributed by atoms with Crippen LogP contribution in [0.3, 0.4) is 0 Å². The number of hydrogen-bond donors (Lipinski definition) is 2. The number of pyridine rings is 1. The Kier molecular flexibility index (Phi) is 7.10. The second kappa shape index (κ2) is 10.2. The molecule has 0 aliphatic carbocycles. The molecule has 1 aromatic carbocycles. The number of anilines is 1. The average Bonchev–Trinajstić information content (AvgIpc) is 3.47. The minimum Gasteiger partial charge on any atom is -0.466 e. The summed E-state index contributed by atoms with van der Waals surface area (Å²) >= 11 is 7.46. The van der Waals surface area contributed by atoms with E-state index in [2.05, 4.69) is 10.3 Å². The van der Waals surface area contributed by atoms with E-state index < -0.39 is 27.4 Å². The summed E-state index contributed by atoms with van der Waals surface area (Å²) in [5, 5.41) is 3.90. The third-order valence-electron chi connectivity index (χ3n) is 6.43. The zero-order valence-corrected chi connectivity index (χ0v) is 22.7. The van der Waals surface area contributed by atoms with Crippen LogP contribution in [0, 0.1) is 0 Å². The molecule has 0 bridgehead atoms. The molecule has 5 rings (SSSR count). The first-order chi connectivity index (χ1) is 17.7. The van der Waals surface area contributed by atoms with Crippen molar-refractivity contribution in [1.29, 1.82) is 0 Å². The van der Waals surface area contributed by atoms with E-state index in [0.717, 1.165) is 10.6 Å². The van der Waals surface area contributed by atoms with Gasteiger partial charge in [-0.15, -0.1) is 0 Å². The maximum Gasteiger partial charge on any atom is 0.307 e. The number of aromatic amines is 1. The number of hydrogen-bond acceptors (Lipinski definition) is 7. The first-order valence-corrected chi connectivity index (χ1v) is 14.5. The van der Waals surface area contributed by atoms with E-state index in [9.17, 15) is 18.0 Å². The Labute approximate surface area is 224 Å². The van der Waals surface area contributed by atoms with Crippen LogP contribution in [0.25, 0.3) is 10.9 Å². The van der Waals surface area contributed by atoms with Crippen LogP contribution in [0.2, 0.25) is 5.02 Å². The smallest absolute Gasteiger partial charge is 0.307 e. The SMILES string of the molecule is CCOC(=O)CC1CN(S(=O)(=O)c2cc3cc(Cl)ccc3[nH]2)CCN1C(=O)C1Nc2cc[n+](C)cc2S1. The number of carbonyl (C=O) groups is 2. The maximum absolute atomic E-state index is 13.6. The van der Waals surface area contributed by atoms with Gasteiger partial charge in [-0.3, -0.25) is 9.59 Å². The Balaban J connectivity index is 1.37. The lowest BCUT2D eigenvalue weighted by Gasteiger charge is -2.41. The van der Waals surface area contributed by atoms with Crippen molar-refractivity contribution >= 4 is 61.9 Å². The molecule has 4 heterocycles. The summed E-state index contributed by atoms with van der Waals surface area (Å²) in [4.78, 5) is 31.5. The molecular weight excluding hydrogens is 538 g/mol. The van der Waals surface area contributed by atoms with E-state index >= 15 is 0 Å². The van der Waals surface area contributed by atoms with Crippen molar-refractivity contribution in [3.8, 4) is 0 Å². The highest BCUT2D eigenvalue weighted by atomic mass is 35.5. The summed E-state index contributed by atoms with van der Waals surface area (Å²) < 4.78 is 35.4. The number of thioether (sulfide) groups is 1. The van der Waals surface area contributed by atoms with Gasteiger partial charge in [0.25, 0.3) is 15.9 Å². The summed E-state index contributed by atoms with van der Waals surface area (Å²) in [6.07, 6.45) is 3.73. The van der Waals surface area contributed by atoms with Gasteiger partial charge >= 0.3 is 5.97 Å². The van der Waals surface area contributed by atoms with E-state index in [1.54, 1.807) is 36.1 Å². The number of fused-ring (bicyclic) bond motifs is 2. The number of H-pyrrole nitrogens is 1. The quantitative estimate of drug-likeness (QED) is 0.349. The van der Waals surface area contributed by atoms with Gasteiger partial charge in [-0.05, 0) is 31.2 Å². The number of nitrogens with one attached hydrogen (secondary N) is 2. The number of amides is 1. The highest BCUT2D eigenvalue weighted by molar-refractivity contribution is 8.01. The monoisotopic (exact) mass is 564 g/mol. The number of benzene rings is 1. The summed E-state index contributed by atoms with van der Waals surface area (Å²) in [5.41, 5.74) is 1.51. The van der Waals surface area contributed by atoms with Crippen molar-refractivity contribution in [2.24, 2.45) is 7.05 Å². The average molecular weight is 565 g/mol. The Bertz CT molecular complexity index is 1480. The molecule has 0 radical (unpaired) electrons. The first kappa shape index (κ1) is 25.8. The van der Waals surface area contributed by atoms with Gasteiger partial charge in [-0.1, -0.05) is 23.4 Å². The molecule has 3 aromatic rings. The molecular formula is C24H27ClN5O5S2+. The van der Waals surface area contributed by atoms with Crippen LogP contribution in [0.15, 0.2) is 52.6 Å². The van der Waals surface area contributed by atoms with E-state index in [0.29, 0.717) is 15.9 Å². The van der Waals surface area contributed by atoms with Gasteiger partial charge in [0.1, 0.15) is 12.1 Å².